The van der Waals surface area contributed by atoms with Crippen molar-refractivity contribution in [2.24, 2.45) is 0 Å². The molecule has 1 atom stereocenters. The summed E-state index contributed by atoms with van der Waals surface area (Å²) in [4.78, 5) is 2.25. The third-order valence-electron chi connectivity index (χ3n) is 2.92. The molecule has 1 aromatic rings. The lowest BCUT2D eigenvalue weighted by molar-refractivity contribution is 0.534. The summed E-state index contributed by atoms with van der Waals surface area (Å²) >= 11 is 0. The normalized spacial score (nSPS) is 12.5. The van der Waals surface area contributed by atoms with Crippen LogP contribution in [0.1, 0.15) is 20.3 Å². The molecule has 0 saturated heterocycles. The number of likely N-dealkylation sites (N-methyl/N-ethyl adjacent to an activating group) is 2. The number of nitrogens with zero attached hydrogens (tertiary/aromatic N) is 1. The molecule has 0 aliphatic carbocycles. The van der Waals surface area contributed by atoms with E-state index in [0.29, 0.717) is 6.04 Å². The summed E-state index contributed by atoms with van der Waals surface area (Å²) < 4.78 is 12.8. The highest BCUT2D eigenvalue weighted by Gasteiger charge is 2.10. The fraction of sp³-hybridized carbons (Fsp3) is 0.538. The Morgan fingerprint density at radius 1 is 1.25 bits per heavy atom. The van der Waals surface area contributed by atoms with Gasteiger partial charge in [-0.2, -0.15) is 0 Å². The third kappa shape index (κ3) is 3.49. The van der Waals surface area contributed by atoms with E-state index in [1.807, 2.05) is 19.2 Å². The van der Waals surface area contributed by atoms with Crippen LogP contribution in [-0.4, -0.2) is 26.2 Å². The van der Waals surface area contributed by atoms with Crippen molar-refractivity contribution < 1.29 is 4.39 Å². The van der Waals surface area contributed by atoms with E-state index < -0.39 is 0 Å². The van der Waals surface area contributed by atoms with Crippen molar-refractivity contribution >= 4 is 5.69 Å². The molecular weight excluding hydrogens is 203 g/mol. The largest absolute Gasteiger partial charge is 0.370 e. The topological polar surface area (TPSA) is 15.3 Å². The molecule has 0 aromatic heterocycles. The fourth-order valence-corrected chi connectivity index (χ4v) is 1.76. The first-order chi connectivity index (χ1) is 7.71. The van der Waals surface area contributed by atoms with Gasteiger partial charge in [-0.1, -0.05) is 6.92 Å². The van der Waals surface area contributed by atoms with Gasteiger partial charge in [0, 0.05) is 24.8 Å². The number of rotatable bonds is 6. The Morgan fingerprint density at radius 2 is 1.88 bits per heavy atom. The Balaban J connectivity index is 2.70. The highest BCUT2D eigenvalue weighted by Crippen LogP contribution is 2.15. The van der Waals surface area contributed by atoms with Gasteiger partial charge in [0.05, 0.1) is 0 Å². The van der Waals surface area contributed by atoms with Gasteiger partial charge >= 0.3 is 0 Å². The van der Waals surface area contributed by atoms with Crippen molar-refractivity contribution in [2.75, 3.05) is 25.0 Å². The maximum Gasteiger partial charge on any atom is 0.123 e. The van der Waals surface area contributed by atoms with Gasteiger partial charge in [-0.3, -0.25) is 0 Å². The second kappa shape index (κ2) is 6.48. The van der Waals surface area contributed by atoms with E-state index in [1.54, 1.807) is 0 Å². The molecule has 0 saturated carbocycles. The molecule has 1 N–H and O–H groups in total. The molecule has 3 heteroatoms. The monoisotopic (exact) mass is 224 g/mol. The second-order valence-corrected chi connectivity index (χ2v) is 3.91. The third-order valence-corrected chi connectivity index (χ3v) is 2.92. The van der Waals surface area contributed by atoms with E-state index in [9.17, 15) is 4.39 Å². The maximum atomic E-state index is 12.8. The summed E-state index contributed by atoms with van der Waals surface area (Å²) in [5.74, 6) is -0.180. The van der Waals surface area contributed by atoms with Crippen LogP contribution in [0.4, 0.5) is 10.1 Å². The lowest BCUT2D eigenvalue weighted by Gasteiger charge is -2.27. The quantitative estimate of drug-likeness (QED) is 0.799. The van der Waals surface area contributed by atoms with Crippen molar-refractivity contribution in [2.45, 2.75) is 26.3 Å². The molecule has 2 nitrogen and oxygen atoms in total. The van der Waals surface area contributed by atoms with Crippen molar-refractivity contribution in [3.8, 4) is 0 Å². The molecule has 0 bridgehead atoms. The lowest BCUT2D eigenvalue weighted by atomic mass is 10.2. The lowest BCUT2D eigenvalue weighted by Crippen LogP contribution is -2.39. The Bertz CT molecular complexity index is 293. The highest BCUT2D eigenvalue weighted by atomic mass is 19.1. The first-order valence-electron chi connectivity index (χ1n) is 5.89. The molecule has 16 heavy (non-hydrogen) atoms. The van der Waals surface area contributed by atoms with Gasteiger partial charge in [0.2, 0.25) is 0 Å². The van der Waals surface area contributed by atoms with E-state index in [2.05, 4.69) is 24.1 Å². The minimum absolute atomic E-state index is 0.180. The van der Waals surface area contributed by atoms with Gasteiger partial charge < -0.3 is 10.2 Å². The van der Waals surface area contributed by atoms with Gasteiger partial charge in [0.1, 0.15) is 5.82 Å². The average molecular weight is 224 g/mol. The van der Waals surface area contributed by atoms with E-state index >= 15 is 0 Å². The van der Waals surface area contributed by atoms with Crippen molar-refractivity contribution in [3.05, 3.63) is 30.1 Å². The summed E-state index contributed by atoms with van der Waals surface area (Å²) in [5, 5.41) is 3.28. The summed E-state index contributed by atoms with van der Waals surface area (Å²) in [7, 11) is 1.98. The first kappa shape index (κ1) is 13.0. The van der Waals surface area contributed by atoms with Gasteiger partial charge in [-0.05, 0) is 44.7 Å². The van der Waals surface area contributed by atoms with E-state index in [-0.39, 0.29) is 5.82 Å². The first-order valence-corrected chi connectivity index (χ1v) is 5.89. The zero-order valence-corrected chi connectivity index (χ0v) is 10.3. The van der Waals surface area contributed by atoms with Crippen LogP contribution in [0.2, 0.25) is 0 Å². The average Bonchev–Trinajstić information content (AvgIpc) is 2.32. The molecule has 0 heterocycles. The molecule has 1 aromatic carbocycles. The molecular formula is C13H21FN2. The maximum absolute atomic E-state index is 12.8. The Labute approximate surface area is 97.5 Å². The molecule has 90 valence electrons. The smallest absolute Gasteiger partial charge is 0.123 e. The zero-order chi connectivity index (χ0) is 12.0. The van der Waals surface area contributed by atoms with Gasteiger partial charge in [0.25, 0.3) is 0 Å². The molecule has 1 unspecified atom stereocenters. The number of nitrogens with one attached hydrogen (secondary N) is 1. The molecule has 0 fully saturated rings. The number of halogens is 1. The Morgan fingerprint density at radius 3 is 2.31 bits per heavy atom. The van der Waals surface area contributed by atoms with Crippen LogP contribution in [0.15, 0.2) is 24.3 Å². The molecule has 0 spiro atoms. The van der Waals surface area contributed by atoms with Gasteiger partial charge in [-0.15, -0.1) is 0 Å². The van der Waals surface area contributed by atoms with Crippen LogP contribution in [0.3, 0.4) is 0 Å². The van der Waals surface area contributed by atoms with E-state index in [4.69, 9.17) is 0 Å². The SMILES string of the molecule is CCC(CN(CC)c1ccc(F)cc1)NC. The van der Waals surface area contributed by atoms with Crippen LogP contribution in [0.5, 0.6) is 0 Å². The van der Waals surface area contributed by atoms with Gasteiger partial charge in [0.15, 0.2) is 0 Å². The fourth-order valence-electron chi connectivity index (χ4n) is 1.76. The predicted octanol–water partition coefficient (Wildman–Crippen LogP) is 2.65. The molecule has 0 aliphatic heterocycles. The van der Waals surface area contributed by atoms with Crippen LogP contribution in [0, 0.1) is 5.82 Å². The Kier molecular flexibility index (Phi) is 5.26. The molecule has 0 amide bonds. The van der Waals surface area contributed by atoms with E-state index in [1.165, 1.54) is 12.1 Å². The van der Waals surface area contributed by atoms with Crippen molar-refractivity contribution in [1.29, 1.82) is 0 Å². The van der Waals surface area contributed by atoms with E-state index in [0.717, 1.165) is 25.2 Å². The second-order valence-electron chi connectivity index (χ2n) is 3.91. The molecule has 0 aliphatic rings. The number of benzene rings is 1. The van der Waals surface area contributed by atoms with Crippen molar-refractivity contribution in [3.63, 3.8) is 0 Å². The number of hydrogen-bond donors (Lipinski definition) is 1. The van der Waals surface area contributed by atoms with Crippen LogP contribution in [0.25, 0.3) is 0 Å². The van der Waals surface area contributed by atoms with Crippen molar-refractivity contribution in [1.82, 2.24) is 5.32 Å². The highest BCUT2D eigenvalue weighted by molar-refractivity contribution is 5.46. The van der Waals surface area contributed by atoms with Crippen LogP contribution >= 0.6 is 0 Å². The number of hydrogen-bond acceptors (Lipinski definition) is 2. The van der Waals surface area contributed by atoms with Crippen LogP contribution < -0.4 is 10.2 Å². The summed E-state index contributed by atoms with van der Waals surface area (Å²) in [6.07, 6.45) is 1.09. The number of anilines is 1. The summed E-state index contributed by atoms with van der Waals surface area (Å²) in [5.41, 5.74) is 1.08. The summed E-state index contributed by atoms with van der Waals surface area (Å²) in [6, 6.07) is 7.17. The predicted molar refractivity (Wildman–Crippen MR) is 67.4 cm³/mol. The Hall–Kier alpha value is -1.09. The molecule has 1 rings (SSSR count). The standard InChI is InChI=1S/C13H21FN2/c1-4-12(15-3)10-16(5-2)13-8-6-11(14)7-9-13/h6-9,12,15H,4-5,10H2,1-3H3. The molecule has 0 radical (unpaired) electrons. The van der Waals surface area contributed by atoms with Gasteiger partial charge in [-0.25, -0.2) is 4.39 Å². The minimum Gasteiger partial charge on any atom is -0.370 e. The minimum atomic E-state index is -0.180. The summed E-state index contributed by atoms with van der Waals surface area (Å²) in [6.45, 7) is 6.17. The van der Waals surface area contributed by atoms with Crippen LogP contribution in [-0.2, 0) is 0 Å². The zero-order valence-electron chi connectivity index (χ0n) is 10.3.